The summed E-state index contributed by atoms with van der Waals surface area (Å²) in [6.07, 6.45) is 7.38. The standard InChI is InChI=1S/C19H23N3O2/c23-17(21-11-4-7-16(13-21)19(24)8-9-19)14-22-12-10-20-18(22)15-5-2-1-3-6-15/h1-3,5-6,10,12,16,24H,4,7-9,11,13-14H2. The molecule has 1 atom stereocenters. The monoisotopic (exact) mass is 325 g/mol. The number of aromatic nitrogens is 2. The number of piperidine rings is 1. The molecule has 1 aromatic heterocycles. The highest BCUT2D eigenvalue weighted by molar-refractivity contribution is 5.77. The number of amides is 1. The van der Waals surface area contributed by atoms with E-state index in [4.69, 9.17) is 0 Å². The number of rotatable bonds is 4. The molecule has 1 N–H and O–H groups in total. The molecule has 1 aromatic carbocycles. The van der Waals surface area contributed by atoms with Crippen molar-refractivity contribution in [2.24, 2.45) is 5.92 Å². The maximum Gasteiger partial charge on any atom is 0.242 e. The van der Waals surface area contributed by atoms with E-state index in [-0.39, 0.29) is 11.8 Å². The Kier molecular flexibility index (Phi) is 3.88. The summed E-state index contributed by atoms with van der Waals surface area (Å²) < 4.78 is 1.91. The van der Waals surface area contributed by atoms with Gasteiger partial charge in [0.2, 0.25) is 5.91 Å². The van der Waals surface area contributed by atoms with Crippen molar-refractivity contribution in [1.82, 2.24) is 14.5 Å². The Labute approximate surface area is 141 Å². The second-order valence-corrected chi connectivity index (χ2v) is 7.03. The van der Waals surface area contributed by atoms with E-state index in [1.54, 1.807) is 6.20 Å². The molecule has 24 heavy (non-hydrogen) atoms. The molecule has 1 amide bonds. The molecule has 4 rings (SSSR count). The topological polar surface area (TPSA) is 58.4 Å². The summed E-state index contributed by atoms with van der Waals surface area (Å²) >= 11 is 0. The van der Waals surface area contributed by atoms with Crippen LogP contribution in [0.2, 0.25) is 0 Å². The van der Waals surface area contributed by atoms with Crippen molar-refractivity contribution in [1.29, 1.82) is 0 Å². The maximum atomic E-state index is 12.7. The van der Waals surface area contributed by atoms with Crippen LogP contribution in [0.4, 0.5) is 0 Å². The van der Waals surface area contributed by atoms with Crippen molar-refractivity contribution < 1.29 is 9.90 Å². The molecule has 2 heterocycles. The number of imidazole rings is 1. The molecule has 5 heteroatoms. The summed E-state index contributed by atoms with van der Waals surface area (Å²) in [6.45, 7) is 1.78. The van der Waals surface area contributed by atoms with Gasteiger partial charge in [-0.05, 0) is 25.7 Å². The van der Waals surface area contributed by atoms with Gasteiger partial charge in [0.05, 0.1) is 5.60 Å². The first-order valence-electron chi connectivity index (χ1n) is 8.72. The molecule has 5 nitrogen and oxygen atoms in total. The molecule has 1 aliphatic carbocycles. The first-order chi connectivity index (χ1) is 11.7. The summed E-state index contributed by atoms with van der Waals surface area (Å²) in [7, 11) is 0. The number of hydrogen-bond donors (Lipinski definition) is 1. The second-order valence-electron chi connectivity index (χ2n) is 7.03. The number of carbonyl (C=O) groups excluding carboxylic acids is 1. The van der Waals surface area contributed by atoms with Crippen LogP contribution < -0.4 is 0 Å². The van der Waals surface area contributed by atoms with E-state index >= 15 is 0 Å². The highest BCUT2D eigenvalue weighted by Gasteiger charge is 2.48. The minimum atomic E-state index is -0.497. The van der Waals surface area contributed by atoms with Crippen molar-refractivity contribution in [3.63, 3.8) is 0 Å². The molecule has 1 saturated carbocycles. The summed E-state index contributed by atoms with van der Waals surface area (Å²) in [4.78, 5) is 19.1. The van der Waals surface area contributed by atoms with Gasteiger partial charge < -0.3 is 14.6 Å². The lowest BCUT2D eigenvalue weighted by Gasteiger charge is -2.35. The molecule has 1 aliphatic heterocycles. The average molecular weight is 325 g/mol. The Morgan fingerprint density at radius 1 is 1.29 bits per heavy atom. The molecule has 1 saturated heterocycles. The van der Waals surface area contributed by atoms with Crippen LogP contribution in [0.5, 0.6) is 0 Å². The van der Waals surface area contributed by atoms with Crippen molar-refractivity contribution >= 4 is 5.91 Å². The third kappa shape index (κ3) is 2.96. The highest BCUT2D eigenvalue weighted by Crippen LogP contribution is 2.45. The fourth-order valence-electron chi connectivity index (χ4n) is 3.71. The van der Waals surface area contributed by atoms with E-state index < -0.39 is 5.60 Å². The third-order valence-electron chi connectivity index (χ3n) is 5.35. The summed E-state index contributed by atoms with van der Waals surface area (Å²) in [5.41, 5.74) is 0.516. The molecule has 2 aliphatic rings. The van der Waals surface area contributed by atoms with Crippen LogP contribution in [0.3, 0.4) is 0 Å². The van der Waals surface area contributed by atoms with Crippen LogP contribution in [-0.2, 0) is 11.3 Å². The predicted molar refractivity (Wildman–Crippen MR) is 91.2 cm³/mol. The van der Waals surface area contributed by atoms with E-state index in [1.807, 2.05) is 46.0 Å². The first-order valence-corrected chi connectivity index (χ1v) is 8.72. The van der Waals surface area contributed by atoms with Crippen LogP contribution in [0, 0.1) is 5.92 Å². The summed E-state index contributed by atoms with van der Waals surface area (Å²) in [5.74, 6) is 1.17. The van der Waals surface area contributed by atoms with Crippen molar-refractivity contribution in [3.05, 3.63) is 42.7 Å². The number of likely N-dealkylation sites (tertiary alicyclic amines) is 1. The van der Waals surface area contributed by atoms with Crippen LogP contribution in [0.15, 0.2) is 42.7 Å². The Hall–Kier alpha value is -2.14. The van der Waals surface area contributed by atoms with Gasteiger partial charge in [-0.1, -0.05) is 30.3 Å². The molecule has 0 bridgehead atoms. The van der Waals surface area contributed by atoms with Gasteiger partial charge in [0, 0.05) is 37.0 Å². The molecule has 0 spiro atoms. The van der Waals surface area contributed by atoms with Gasteiger partial charge in [0.25, 0.3) is 0 Å². The van der Waals surface area contributed by atoms with Gasteiger partial charge in [-0.3, -0.25) is 4.79 Å². The lowest BCUT2D eigenvalue weighted by molar-refractivity contribution is -0.134. The van der Waals surface area contributed by atoms with Gasteiger partial charge in [0.1, 0.15) is 12.4 Å². The number of carbonyl (C=O) groups is 1. The highest BCUT2D eigenvalue weighted by atomic mass is 16.3. The van der Waals surface area contributed by atoms with Crippen LogP contribution in [-0.4, -0.2) is 44.2 Å². The van der Waals surface area contributed by atoms with Crippen LogP contribution >= 0.6 is 0 Å². The normalized spacial score (nSPS) is 22.4. The number of nitrogens with zero attached hydrogens (tertiary/aromatic N) is 3. The average Bonchev–Trinajstić information content (AvgIpc) is 3.21. The minimum Gasteiger partial charge on any atom is -0.390 e. The van der Waals surface area contributed by atoms with Gasteiger partial charge in [-0.2, -0.15) is 0 Å². The number of benzene rings is 1. The Morgan fingerprint density at radius 2 is 2.08 bits per heavy atom. The molecular formula is C19H23N3O2. The lowest BCUT2D eigenvalue weighted by atomic mass is 9.90. The smallest absolute Gasteiger partial charge is 0.242 e. The molecular weight excluding hydrogens is 302 g/mol. The third-order valence-corrected chi connectivity index (χ3v) is 5.35. The van der Waals surface area contributed by atoms with Gasteiger partial charge in [-0.25, -0.2) is 4.98 Å². The van der Waals surface area contributed by atoms with Crippen molar-refractivity contribution in [2.45, 2.75) is 37.8 Å². The van der Waals surface area contributed by atoms with Gasteiger partial charge in [-0.15, -0.1) is 0 Å². The van der Waals surface area contributed by atoms with Crippen molar-refractivity contribution in [3.8, 4) is 11.4 Å². The van der Waals surface area contributed by atoms with Gasteiger partial charge >= 0.3 is 0 Å². The first kappa shape index (κ1) is 15.4. The fourth-order valence-corrected chi connectivity index (χ4v) is 3.71. The molecule has 2 fully saturated rings. The fraction of sp³-hybridized carbons (Fsp3) is 0.474. The van der Waals surface area contributed by atoms with Crippen LogP contribution in [0.25, 0.3) is 11.4 Å². The van der Waals surface area contributed by atoms with E-state index in [0.717, 1.165) is 43.6 Å². The minimum absolute atomic E-state index is 0.110. The quantitative estimate of drug-likeness (QED) is 0.938. The van der Waals surface area contributed by atoms with E-state index in [9.17, 15) is 9.90 Å². The van der Waals surface area contributed by atoms with Gasteiger partial charge in [0.15, 0.2) is 0 Å². The summed E-state index contributed by atoms with van der Waals surface area (Å²) in [6, 6.07) is 9.92. The van der Waals surface area contributed by atoms with E-state index in [2.05, 4.69) is 4.98 Å². The SMILES string of the molecule is O=C(Cn1ccnc1-c1ccccc1)N1CCCC(C2(O)CC2)C1. The number of hydrogen-bond acceptors (Lipinski definition) is 3. The number of aliphatic hydroxyl groups is 1. The largest absolute Gasteiger partial charge is 0.390 e. The van der Waals surface area contributed by atoms with E-state index in [0.29, 0.717) is 13.1 Å². The lowest BCUT2D eigenvalue weighted by Crippen LogP contribution is -2.45. The summed E-state index contributed by atoms with van der Waals surface area (Å²) in [5, 5.41) is 10.3. The maximum absolute atomic E-state index is 12.7. The van der Waals surface area contributed by atoms with E-state index in [1.165, 1.54) is 0 Å². The molecule has 0 radical (unpaired) electrons. The zero-order chi connectivity index (χ0) is 16.6. The van der Waals surface area contributed by atoms with Crippen LogP contribution in [0.1, 0.15) is 25.7 Å². The Bertz CT molecular complexity index is 721. The molecule has 2 aromatic rings. The van der Waals surface area contributed by atoms with Crippen molar-refractivity contribution in [2.75, 3.05) is 13.1 Å². The Morgan fingerprint density at radius 3 is 2.83 bits per heavy atom. The predicted octanol–water partition coefficient (Wildman–Crippen LogP) is 2.31. The second kappa shape index (κ2) is 6.06. The molecule has 1 unspecified atom stereocenters. The Balaban J connectivity index is 1.46. The zero-order valence-corrected chi connectivity index (χ0v) is 13.8. The molecule has 126 valence electrons. The zero-order valence-electron chi connectivity index (χ0n) is 13.8.